The van der Waals surface area contributed by atoms with Gasteiger partial charge in [-0.2, -0.15) is 0 Å². The van der Waals surface area contributed by atoms with Crippen LogP contribution in [0.3, 0.4) is 0 Å². The summed E-state index contributed by atoms with van der Waals surface area (Å²) in [5, 5.41) is 6.58. The molecule has 2 N–H and O–H groups in total. The Morgan fingerprint density at radius 1 is 1.27 bits per heavy atom. The third-order valence-corrected chi connectivity index (χ3v) is 5.48. The maximum absolute atomic E-state index is 12.6. The van der Waals surface area contributed by atoms with Crippen LogP contribution in [0.15, 0.2) is 42.7 Å². The molecule has 2 aliphatic rings. The first kappa shape index (κ1) is 17.0. The zero-order valence-corrected chi connectivity index (χ0v) is 15.1. The predicted octanol–water partition coefficient (Wildman–Crippen LogP) is 4.04. The molecule has 2 heterocycles. The Hall–Kier alpha value is -2.40. The molecule has 0 bridgehead atoms. The van der Waals surface area contributed by atoms with Gasteiger partial charge < -0.3 is 15.4 Å². The fraction of sp³-hybridized carbons (Fsp3) is 0.429. The molecule has 2 fully saturated rings. The lowest BCUT2D eigenvalue weighted by Crippen LogP contribution is -2.39. The second-order valence-corrected chi connectivity index (χ2v) is 7.37. The van der Waals surface area contributed by atoms with Crippen LogP contribution in [0.5, 0.6) is 11.5 Å². The third kappa shape index (κ3) is 3.73. The van der Waals surface area contributed by atoms with Crippen molar-refractivity contribution in [1.82, 2.24) is 10.3 Å². The summed E-state index contributed by atoms with van der Waals surface area (Å²) in [6.45, 7) is 1.98. The largest absolute Gasteiger partial charge is 0.455 e. The summed E-state index contributed by atoms with van der Waals surface area (Å²) in [5.74, 6) is 2.20. The minimum absolute atomic E-state index is 0.0692. The summed E-state index contributed by atoms with van der Waals surface area (Å²) in [7, 11) is 0. The van der Waals surface area contributed by atoms with Crippen molar-refractivity contribution in [2.45, 2.75) is 51.1 Å². The number of hydrogen-bond donors (Lipinski definition) is 2. The molecule has 1 saturated heterocycles. The first-order valence-electron chi connectivity index (χ1n) is 9.44. The average Bonchev–Trinajstić information content (AvgIpc) is 3.09. The van der Waals surface area contributed by atoms with Crippen molar-refractivity contribution in [1.29, 1.82) is 0 Å². The lowest BCUT2D eigenvalue weighted by molar-refractivity contribution is -0.117. The number of aromatic nitrogens is 1. The molecule has 5 heteroatoms. The molecule has 26 heavy (non-hydrogen) atoms. The highest BCUT2D eigenvalue weighted by Crippen LogP contribution is 2.33. The van der Waals surface area contributed by atoms with Crippen LogP contribution in [-0.2, 0) is 4.79 Å². The number of benzene rings is 1. The fourth-order valence-corrected chi connectivity index (χ4v) is 4.13. The average molecular weight is 351 g/mol. The molecule has 0 radical (unpaired) electrons. The van der Waals surface area contributed by atoms with Crippen LogP contribution in [0.1, 0.15) is 37.7 Å². The highest BCUT2D eigenvalue weighted by molar-refractivity contribution is 5.95. The van der Waals surface area contributed by atoms with Gasteiger partial charge in [0.25, 0.3) is 0 Å². The summed E-state index contributed by atoms with van der Waals surface area (Å²) in [5.41, 5.74) is 1.78. The van der Waals surface area contributed by atoms with E-state index in [4.69, 9.17) is 4.74 Å². The van der Waals surface area contributed by atoms with Crippen molar-refractivity contribution in [3.8, 4) is 11.5 Å². The topological polar surface area (TPSA) is 63.2 Å². The SMILES string of the molecule is Cc1cc(NC(=O)C2CC3CCCCC3N2)ccc1Oc1cccnc1. The highest BCUT2D eigenvalue weighted by atomic mass is 16.5. The third-order valence-electron chi connectivity index (χ3n) is 5.48. The number of rotatable bonds is 4. The van der Waals surface area contributed by atoms with Crippen molar-refractivity contribution < 1.29 is 9.53 Å². The zero-order valence-electron chi connectivity index (χ0n) is 15.1. The van der Waals surface area contributed by atoms with Crippen LogP contribution in [0.4, 0.5) is 5.69 Å². The number of pyridine rings is 1. The standard InChI is InChI=1S/C21H25N3O2/c1-14-11-16(8-9-20(14)26-17-6-4-10-22-13-17)23-21(25)19-12-15-5-2-3-7-18(15)24-19/h4,6,8-11,13,15,18-19,24H,2-3,5,7,12H2,1H3,(H,23,25). The molecular formula is C21H25N3O2. The number of amides is 1. The molecule has 2 aromatic rings. The Balaban J connectivity index is 1.39. The van der Waals surface area contributed by atoms with Crippen molar-refractivity contribution in [3.05, 3.63) is 48.3 Å². The Bertz CT molecular complexity index is 764. The number of carbonyl (C=O) groups is 1. The molecule has 0 spiro atoms. The molecule has 3 unspecified atom stereocenters. The van der Waals surface area contributed by atoms with Crippen molar-refractivity contribution >= 4 is 11.6 Å². The molecule has 1 saturated carbocycles. The van der Waals surface area contributed by atoms with Gasteiger partial charge in [-0.3, -0.25) is 9.78 Å². The number of anilines is 1. The van der Waals surface area contributed by atoms with Crippen LogP contribution < -0.4 is 15.4 Å². The van der Waals surface area contributed by atoms with Gasteiger partial charge in [-0.1, -0.05) is 12.8 Å². The van der Waals surface area contributed by atoms with E-state index >= 15 is 0 Å². The molecule has 3 atom stereocenters. The smallest absolute Gasteiger partial charge is 0.241 e. The van der Waals surface area contributed by atoms with E-state index in [1.54, 1.807) is 12.4 Å². The molecule has 136 valence electrons. The summed E-state index contributed by atoms with van der Waals surface area (Å²) < 4.78 is 5.85. The Morgan fingerprint density at radius 3 is 2.92 bits per heavy atom. The fourth-order valence-electron chi connectivity index (χ4n) is 4.13. The first-order chi connectivity index (χ1) is 12.7. The van der Waals surface area contributed by atoms with E-state index in [-0.39, 0.29) is 11.9 Å². The number of hydrogen-bond acceptors (Lipinski definition) is 4. The maximum atomic E-state index is 12.6. The van der Waals surface area contributed by atoms with Gasteiger partial charge >= 0.3 is 0 Å². The Kier molecular flexibility index (Phi) is 4.89. The normalized spacial score (nSPS) is 24.7. The van der Waals surface area contributed by atoms with E-state index in [0.29, 0.717) is 17.7 Å². The quantitative estimate of drug-likeness (QED) is 0.872. The van der Waals surface area contributed by atoms with Gasteiger partial charge in [0.15, 0.2) is 0 Å². The first-order valence-corrected chi connectivity index (χ1v) is 9.44. The van der Waals surface area contributed by atoms with Crippen LogP contribution in [0.25, 0.3) is 0 Å². The number of nitrogens with one attached hydrogen (secondary N) is 2. The van der Waals surface area contributed by atoms with Gasteiger partial charge in [0, 0.05) is 17.9 Å². The number of aryl methyl sites for hydroxylation is 1. The molecular weight excluding hydrogens is 326 g/mol. The van der Waals surface area contributed by atoms with E-state index in [1.165, 1.54) is 25.7 Å². The zero-order chi connectivity index (χ0) is 17.9. The summed E-state index contributed by atoms with van der Waals surface area (Å²) in [6.07, 6.45) is 9.38. The summed E-state index contributed by atoms with van der Waals surface area (Å²) in [4.78, 5) is 16.7. The molecule has 1 amide bonds. The minimum atomic E-state index is -0.0743. The second kappa shape index (κ2) is 7.46. The van der Waals surface area contributed by atoms with Gasteiger partial charge in [-0.15, -0.1) is 0 Å². The van der Waals surface area contributed by atoms with Gasteiger partial charge in [0.1, 0.15) is 11.5 Å². The van der Waals surface area contributed by atoms with E-state index in [9.17, 15) is 4.79 Å². The van der Waals surface area contributed by atoms with Gasteiger partial charge in [0.05, 0.1) is 12.2 Å². The summed E-state index contributed by atoms with van der Waals surface area (Å²) in [6, 6.07) is 9.88. The van der Waals surface area contributed by atoms with Crippen molar-refractivity contribution in [3.63, 3.8) is 0 Å². The lowest BCUT2D eigenvalue weighted by Gasteiger charge is -2.24. The number of ether oxygens (including phenoxy) is 1. The van der Waals surface area contributed by atoms with Gasteiger partial charge in [-0.05, 0) is 68.0 Å². The van der Waals surface area contributed by atoms with Gasteiger partial charge in [-0.25, -0.2) is 0 Å². The minimum Gasteiger partial charge on any atom is -0.455 e. The molecule has 4 rings (SSSR count). The summed E-state index contributed by atoms with van der Waals surface area (Å²) >= 11 is 0. The molecule has 1 aromatic heterocycles. The molecule has 1 aromatic carbocycles. The highest BCUT2D eigenvalue weighted by Gasteiger charge is 2.38. The monoisotopic (exact) mass is 351 g/mol. The van der Waals surface area contributed by atoms with Crippen LogP contribution in [0.2, 0.25) is 0 Å². The molecule has 1 aliphatic heterocycles. The van der Waals surface area contributed by atoms with Crippen LogP contribution in [0, 0.1) is 12.8 Å². The molecule has 5 nitrogen and oxygen atoms in total. The Labute approximate surface area is 154 Å². The van der Waals surface area contributed by atoms with Crippen LogP contribution >= 0.6 is 0 Å². The molecule has 1 aliphatic carbocycles. The van der Waals surface area contributed by atoms with Crippen molar-refractivity contribution in [2.75, 3.05) is 5.32 Å². The van der Waals surface area contributed by atoms with E-state index in [2.05, 4.69) is 15.6 Å². The van der Waals surface area contributed by atoms with E-state index in [0.717, 1.165) is 23.4 Å². The number of fused-ring (bicyclic) bond motifs is 1. The number of nitrogens with zero attached hydrogens (tertiary/aromatic N) is 1. The van der Waals surface area contributed by atoms with E-state index in [1.807, 2.05) is 37.3 Å². The predicted molar refractivity (Wildman–Crippen MR) is 101 cm³/mol. The van der Waals surface area contributed by atoms with Crippen LogP contribution in [-0.4, -0.2) is 23.0 Å². The van der Waals surface area contributed by atoms with Crippen molar-refractivity contribution in [2.24, 2.45) is 5.92 Å². The number of carbonyl (C=O) groups excluding carboxylic acids is 1. The Morgan fingerprint density at radius 2 is 2.15 bits per heavy atom. The maximum Gasteiger partial charge on any atom is 0.241 e. The second-order valence-electron chi connectivity index (χ2n) is 7.37. The lowest BCUT2D eigenvalue weighted by atomic mass is 9.85. The van der Waals surface area contributed by atoms with E-state index < -0.39 is 0 Å². The van der Waals surface area contributed by atoms with Gasteiger partial charge in [0.2, 0.25) is 5.91 Å².